The molecule has 6 heteroatoms. The third kappa shape index (κ3) is 1.77. The maximum absolute atomic E-state index is 9.54. The first-order valence-electron chi connectivity index (χ1n) is 4.34. The van der Waals surface area contributed by atoms with Gasteiger partial charge in [-0.15, -0.1) is 0 Å². The summed E-state index contributed by atoms with van der Waals surface area (Å²) < 4.78 is 10.0. The summed E-state index contributed by atoms with van der Waals surface area (Å²) in [5.74, 6) is -1.41. The predicted octanol–water partition coefficient (Wildman–Crippen LogP) is -2.18. The fraction of sp³-hybridized carbons (Fsp3) is 1.00. The molecule has 0 bridgehead atoms. The molecule has 14 heavy (non-hydrogen) atoms. The van der Waals surface area contributed by atoms with Crippen LogP contribution in [0.4, 0.5) is 0 Å². The van der Waals surface area contributed by atoms with Gasteiger partial charge in [0.25, 0.3) is 0 Å². The van der Waals surface area contributed by atoms with Crippen LogP contribution >= 0.6 is 0 Å². The van der Waals surface area contributed by atoms with Gasteiger partial charge in [-0.3, -0.25) is 0 Å². The molecule has 0 saturated carbocycles. The van der Waals surface area contributed by atoms with E-state index in [-0.39, 0.29) is 0 Å². The molecule has 1 aliphatic rings. The van der Waals surface area contributed by atoms with E-state index in [0.717, 1.165) is 0 Å². The highest BCUT2D eigenvalue weighted by Crippen LogP contribution is 2.29. The van der Waals surface area contributed by atoms with Gasteiger partial charge >= 0.3 is 0 Å². The molecule has 0 aromatic carbocycles. The molecule has 5 unspecified atom stereocenters. The van der Waals surface area contributed by atoms with Gasteiger partial charge in [-0.1, -0.05) is 0 Å². The molecule has 0 aliphatic carbocycles. The Bertz CT molecular complexity index is 196. The van der Waals surface area contributed by atoms with Gasteiger partial charge in [0.15, 0.2) is 5.79 Å². The highest BCUT2D eigenvalue weighted by Gasteiger charge is 2.50. The summed E-state index contributed by atoms with van der Waals surface area (Å²) in [6.07, 6.45) is -5.03. The van der Waals surface area contributed by atoms with Gasteiger partial charge < -0.3 is 29.9 Å². The van der Waals surface area contributed by atoms with Crippen molar-refractivity contribution in [1.82, 2.24) is 0 Å². The zero-order valence-corrected chi connectivity index (χ0v) is 8.12. The van der Waals surface area contributed by atoms with Crippen molar-refractivity contribution in [1.29, 1.82) is 0 Å². The average Bonchev–Trinajstić information content (AvgIpc) is 2.20. The SMILES string of the molecule is COC1(C)OC(CO)C(O)C(O)C1O. The van der Waals surface area contributed by atoms with E-state index in [0.29, 0.717) is 0 Å². The largest absolute Gasteiger partial charge is 0.394 e. The molecule has 84 valence electrons. The minimum Gasteiger partial charge on any atom is -0.394 e. The minimum atomic E-state index is -1.41. The number of methoxy groups -OCH3 is 1. The summed E-state index contributed by atoms with van der Waals surface area (Å²) in [5.41, 5.74) is 0. The van der Waals surface area contributed by atoms with Crippen LogP contribution in [0.15, 0.2) is 0 Å². The van der Waals surface area contributed by atoms with E-state index in [2.05, 4.69) is 0 Å². The van der Waals surface area contributed by atoms with E-state index in [4.69, 9.17) is 14.6 Å². The molecule has 1 fully saturated rings. The second kappa shape index (κ2) is 4.09. The van der Waals surface area contributed by atoms with Crippen LogP contribution in [0.25, 0.3) is 0 Å². The van der Waals surface area contributed by atoms with Crippen molar-refractivity contribution in [2.75, 3.05) is 13.7 Å². The molecule has 0 aromatic rings. The number of aliphatic hydroxyl groups excluding tert-OH is 4. The van der Waals surface area contributed by atoms with Crippen LogP contribution in [0.5, 0.6) is 0 Å². The van der Waals surface area contributed by atoms with E-state index in [9.17, 15) is 15.3 Å². The van der Waals surface area contributed by atoms with Crippen molar-refractivity contribution in [2.45, 2.75) is 37.1 Å². The lowest BCUT2D eigenvalue weighted by Crippen LogP contribution is -2.64. The standard InChI is InChI=1S/C8H16O6/c1-8(13-2)7(12)6(11)5(10)4(3-9)14-8/h4-7,9-12H,3H2,1-2H3. The van der Waals surface area contributed by atoms with Crippen molar-refractivity contribution in [3.05, 3.63) is 0 Å². The number of hydrogen-bond donors (Lipinski definition) is 4. The van der Waals surface area contributed by atoms with Gasteiger partial charge in [-0.05, 0) is 6.92 Å². The molecule has 0 aromatic heterocycles. The average molecular weight is 208 g/mol. The lowest BCUT2D eigenvalue weighted by Gasteiger charge is -2.45. The van der Waals surface area contributed by atoms with Gasteiger partial charge in [0.1, 0.15) is 24.4 Å². The fourth-order valence-corrected chi connectivity index (χ4v) is 1.47. The number of ether oxygens (including phenoxy) is 2. The van der Waals surface area contributed by atoms with Crippen molar-refractivity contribution < 1.29 is 29.9 Å². The molecular formula is C8H16O6. The maximum Gasteiger partial charge on any atom is 0.194 e. The molecular weight excluding hydrogens is 192 g/mol. The molecule has 6 nitrogen and oxygen atoms in total. The molecule has 1 saturated heterocycles. The maximum atomic E-state index is 9.54. The van der Waals surface area contributed by atoms with E-state index in [1.807, 2.05) is 0 Å². The van der Waals surface area contributed by atoms with Crippen molar-refractivity contribution in [3.8, 4) is 0 Å². The highest BCUT2D eigenvalue weighted by molar-refractivity contribution is 4.94. The van der Waals surface area contributed by atoms with Crippen LogP contribution in [0.3, 0.4) is 0 Å². The lowest BCUT2D eigenvalue weighted by molar-refractivity contribution is -0.349. The van der Waals surface area contributed by atoms with Crippen LogP contribution in [0, 0.1) is 0 Å². The Kier molecular flexibility index (Phi) is 3.46. The summed E-state index contributed by atoms with van der Waals surface area (Å²) in [4.78, 5) is 0. The summed E-state index contributed by atoms with van der Waals surface area (Å²) >= 11 is 0. The Balaban J connectivity index is 2.84. The van der Waals surface area contributed by atoms with Crippen molar-refractivity contribution in [2.24, 2.45) is 0 Å². The lowest BCUT2D eigenvalue weighted by atomic mass is 9.93. The topological polar surface area (TPSA) is 99.4 Å². The molecule has 0 spiro atoms. The fourth-order valence-electron chi connectivity index (χ4n) is 1.47. The molecule has 1 heterocycles. The third-order valence-electron chi connectivity index (χ3n) is 2.56. The van der Waals surface area contributed by atoms with E-state index in [1.165, 1.54) is 14.0 Å². The monoisotopic (exact) mass is 208 g/mol. The second-order valence-corrected chi connectivity index (χ2v) is 3.48. The molecule has 1 aliphatic heterocycles. The number of aliphatic hydroxyl groups is 4. The predicted molar refractivity (Wildman–Crippen MR) is 45.4 cm³/mol. The van der Waals surface area contributed by atoms with Crippen LogP contribution < -0.4 is 0 Å². The van der Waals surface area contributed by atoms with E-state index in [1.54, 1.807) is 0 Å². The Morgan fingerprint density at radius 1 is 1.29 bits per heavy atom. The van der Waals surface area contributed by atoms with Crippen molar-refractivity contribution >= 4 is 0 Å². The Morgan fingerprint density at radius 3 is 2.29 bits per heavy atom. The number of hydrogen-bond acceptors (Lipinski definition) is 6. The molecule has 0 radical (unpaired) electrons. The van der Waals surface area contributed by atoms with Gasteiger partial charge in [0, 0.05) is 7.11 Å². The second-order valence-electron chi connectivity index (χ2n) is 3.48. The molecule has 1 rings (SSSR count). The molecule has 4 N–H and O–H groups in total. The zero-order valence-electron chi connectivity index (χ0n) is 8.12. The summed E-state index contributed by atoms with van der Waals surface area (Å²) in [6, 6.07) is 0. The summed E-state index contributed by atoms with van der Waals surface area (Å²) in [5, 5.41) is 37.2. The molecule has 0 amide bonds. The van der Waals surface area contributed by atoms with Crippen LogP contribution in [0.1, 0.15) is 6.92 Å². The van der Waals surface area contributed by atoms with E-state index < -0.39 is 36.8 Å². The molecule has 5 atom stereocenters. The van der Waals surface area contributed by atoms with Gasteiger partial charge in [0.05, 0.1) is 6.61 Å². The number of rotatable bonds is 2. The first kappa shape index (κ1) is 11.8. The van der Waals surface area contributed by atoms with Gasteiger partial charge in [-0.25, -0.2) is 0 Å². The minimum absolute atomic E-state index is 0.454. The Hall–Kier alpha value is -0.240. The van der Waals surface area contributed by atoms with Gasteiger partial charge in [-0.2, -0.15) is 0 Å². The Morgan fingerprint density at radius 2 is 1.86 bits per heavy atom. The quantitative estimate of drug-likeness (QED) is 0.412. The van der Waals surface area contributed by atoms with Gasteiger partial charge in [0.2, 0.25) is 0 Å². The van der Waals surface area contributed by atoms with Crippen LogP contribution in [-0.2, 0) is 9.47 Å². The third-order valence-corrected chi connectivity index (χ3v) is 2.56. The van der Waals surface area contributed by atoms with Crippen LogP contribution in [-0.4, -0.2) is 64.3 Å². The van der Waals surface area contributed by atoms with E-state index >= 15 is 0 Å². The Labute approximate surface area is 81.7 Å². The highest BCUT2D eigenvalue weighted by atomic mass is 16.7. The van der Waals surface area contributed by atoms with Crippen molar-refractivity contribution in [3.63, 3.8) is 0 Å². The normalized spacial score (nSPS) is 49.3. The first-order chi connectivity index (χ1) is 6.46. The summed E-state index contributed by atoms with van der Waals surface area (Å²) in [7, 11) is 1.31. The zero-order chi connectivity index (χ0) is 10.9. The first-order valence-corrected chi connectivity index (χ1v) is 4.34. The summed E-state index contributed by atoms with van der Waals surface area (Å²) in [6.45, 7) is 0.972. The smallest absolute Gasteiger partial charge is 0.194 e. The van der Waals surface area contributed by atoms with Crippen LogP contribution in [0.2, 0.25) is 0 Å².